The molecule has 2 nitrogen and oxygen atoms in total. The fraction of sp³-hybridized carbons (Fsp3) is 0.667. The second kappa shape index (κ2) is 1.60. The fourth-order valence-electron chi connectivity index (χ4n) is 0.266. The number of hydrogen-bond donors (Lipinski definition) is 0. The average molecular weight is 150 g/mol. The molecule has 34 valence electrons. The third kappa shape index (κ3) is 0.712. The second-order valence-electron chi connectivity index (χ2n) is 1.07. The molecule has 6 heavy (non-hydrogen) atoms. The predicted octanol–water partition coefficient (Wildman–Crippen LogP) is 0.766. The van der Waals surface area contributed by atoms with Gasteiger partial charge < -0.3 is 4.84 Å². The van der Waals surface area contributed by atoms with Crippen LogP contribution in [-0.2, 0) is 4.84 Å². The molecule has 1 aliphatic rings. The van der Waals surface area contributed by atoms with Gasteiger partial charge in [0.15, 0.2) is 0 Å². The quantitative estimate of drug-likeness (QED) is 0.467. The van der Waals surface area contributed by atoms with Crippen LogP contribution in [0, 0.1) is 0 Å². The van der Waals surface area contributed by atoms with E-state index in [1.54, 1.807) is 6.21 Å². The van der Waals surface area contributed by atoms with E-state index in [9.17, 15) is 0 Å². The Morgan fingerprint density at radius 2 is 2.83 bits per heavy atom. The Balaban J connectivity index is 2.38. The van der Waals surface area contributed by atoms with Crippen LogP contribution in [0.25, 0.3) is 0 Å². The first-order valence-electron chi connectivity index (χ1n) is 1.69. The van der Waals surface area contributed by atoms with E-state index >= 15 is 0 Å². The summed E-state index contributed by atoms with van der Waals surface area (Å²) in [5.74, 6) is 0. The Morgan fingerprint density at radius 3 is 3.00 bits per heavy atom. The minimum atomic E-state index is 0.345. The first-order chi connectivity index (χ1) is 2.89. The zero-order valence-electron chi connectivity index (χ0n) is 3.10. The van der Waals surface area contributed by atoms with E-state index in [2.05, 4.69) is 25.9 Å². The minimum Gasteiger partial charge on any atom is -0.394 e. The molecule has 1 rings (SSSR count). The minimum absolute atomic E-state index is 0.345. The van der Waals surface area contributed by atoms with Gasteiger partial charge in [0.05, 0.1) is 11.0 Å². The Kier molecular flexibility index (Phi) is 1.10. The van der Waals surface area contributed by atoms with Crippen LogP contribution in [0.5, 0.6) is 0 Å². The summed E-state index contributed by atoms with van der Waals surface area (Å²) in [7, 11) is 0. The number of halogens is 1. The van der Waals surface area contributed by atoms with E-state index in [0.29, 0.717) is 11.4 Å². The van der Waals surface area contributed by atoms with Gasteiger partial charge in [0.1, 0.15) is 6.61 Å². The summed E-state index contributed by atoms with van der Waals surface area (Å²) in [6.45, 7) is 0.681. The first-order valence-corrected chi connectivity index (χ1v) is 2.60. The second-order valence-corrected chi connectivity index (χ2v) is 2.24. The zero-order valence-corrected chi connectivity index (χ0v) is 4.68. The highest BCUT2D eigenvalue weighted by Gasteiger charge is 2.04. The molecule has 0 bridgehead atoms. The van der Waals surface area contributed by atoms with Gasteiger partial charge in [-0.1, -0.05) is 21.1 Å². The molecule has 0 aromatic carbocycles. The molecule has 0 radical (unpaired) electrons. The normalized spacial score (nSPS) is 30.5. The van der Waals surface area contributed by atoms with Gasteiger partial charge in [-0.2, -0.15) is 0 Å². The molecule has 1 heterocycles. The van der Waals surface area contributed by atoms with Gasteiger partial charge >= 0.3 is 0 Å². The van der Waals surface area contributed by atoms with Crippen molar-refractivity contribution in [1.29, 1.82) is 0 Å². The summed E-state index contributed by atoms with van der Waals surface area (Å²) >= 11 is 3.26. The summed E-state index contributed by atoms with van der Waals surface area (Å²) < 4.78 is 0. The lowest BCUT2D eigenvalue weighted by molar-refractivity contribution is 0.176. The maximum atomic E-state index is 4.58. The number of hydrogen-bond acceptors (Lipinski definition) is 2. The Morgan fingerprint density at radius 1 is 2.00 bits per heavy atom. The van der Waals surface area contributed by atoms with Gasteiger partial charge in [-0.15, -0.1) is 0 Å². The molecule has 0 aromatic heterocycles. The molecule has 0 amide bonds. The molecular formula is C3H4BrNO. The van der Waals surface area contributed by atoms with Crippen LogP contribution in [0.2, 0.25) is 0 Å². The highest BCUT2D eigenvalue weighted by atomic mass is 79.9. The Hall–Kier alpha value is -0.0500. The van der Waals surface area contributed by atoms with Crippen molar-refractivity contribution in [2.75, 3.05) is 6.61 Å². The molecule has 0 N–H and O–H groups in total. The highest BCUT2D eigenvalue weighted by Crippen LogP contribution is 2.01. The smallest absolute Gasteiger partial charge is 0.134 e. The van der Waals surface area contributed by atoms with Gasteiger partial charge in [0.25, 0.3) is 0 Å². The van der Waals surface area contributed by atoms with Crippen LogP contribution in [-0.4, -0.2) is 17.6 Å². The zero-order chi connectivity index (χ0) is 4.41. The van der Waals surface area contributed by atoms with Crippen LogP contribution < -0.4 is 0 Å². The number of nitrogens with zero attached hydrogens (tertiary/aromatic N) is 1. The molecule has 3 heteroatoms. The lowest BCUT2D eigenvalue weighted by Gasteiger charge is -1.84. The van der Waals surface area contributed by atoms with E-state index < -0.39 is 0 Å². The summed E-state index contributed by atoms with van der Waals surface area (Å²) in [5.41, 5.74) is 0. The largest absolute Gasteiger partial charge is 0.394 e. The van der Waals surface area contributed by atoms with Crippen molar-refractivity contribution in [1.82, 2.24) is 0 Å². The van der Waals surface area contributed by atoms with Crippen molar-refractivity contribution in [3.63, 3.8) is 0 Å². The van der Waals surface area contributed by atoms with E-state index in [-0.39, 0.29) is 0 Å². The van der Waals surface area contributed by atoms with Crippen LogP contribution in [0.1, 0.15) is 0 Å². The molecule has 1 unspecified atom stereocenters. The highest BCUT2D eigenvalue weighted by molar-refractivity contribution is 9.10. The topological polar surface area (TPSA) is 21.6 Å². The van der Waals surface area contributed by atoms with E-state index in [0.717, 1.165) is 0 Å². The Labute approximate surface area is 44.3 Å². The van der Waals surface area contributed by atoms with Gasteiger partial charge in [0, 0.05) is 0 Å². The standard InChI is InChI=1S/C3H4BrNO/c4-3-1-5-6-2-3/h1,3H,2H2. The van der Waals surface area contributed by atoms with E-state index in [4.69, 9.17) is 0 Å². The number of rotatable bonds is 0. The lowest BCUT2D eigenvalue weighted by atomic mass is 10.5. The van der Waals surface area contributed by atoms with Gasteiger partial charge in [-0.25, -0.2) is 0 Å². The van der Waals surface area contributed by atoms with Gasteiger partial charge in [-0.3, -0.25) is 0 Å². The lowest BCUT2D eigenvalue weighted by Crippen LogP contribution is -1.96. The van der Waals surface area contributed by atoms with Crippen LogP contribution in [0.3, 0.4) is 0 Å². The third-order valence-electron chi connectivity index (χ3n) is 0.531. The molecule has 1 atom stereocenters. The third-order valence-corrected chi connectivity index (χ3v) is 1.03. The summed E-state index contributed by atoms with van der Waals surface area (Å²) in [4.78, 5) is 4.92. The number of oxime groups is 1. The molecule has 1 aliphatic heterocycles. The average Bonchev–Trinajstić information content (AvgIpc) is 1.86. The number of alkyl halides is 1. The summed E-state index contributed by atoms with van der Waals surface area (Å²) in [5, 5.41) is 3.49. The van der Waals surface area contributed by atoms with E-state index in [1.807, 2.05) is 0 Å². The summed E-state index contributed by atoms with van der Waals surface area (Å²) in [6.07, 6.45) is 1.72. The molecule has 0 saturated heterocycles. The van der Waals surface area contributed by atoms with Gasteiger partial charge in [-0.05, 0) is 0 Å². The Bertz CT molecular complexity index is 73.2. The fourth-order valence-corrected chi connectivity index (χ4v) is 0.481. The van der Waals surface area contributed by atoms with Gasteiger partial charge in [0.2, 0.25) is 0 Å². The molecule has 0 aromatic rings. The van der Waals surface area contributed by atoms with Crippen LogP contribution in [0.15, 0.2) is 5.16 Å². The maximum Gasteiger partial charge on any atom is 0.134 e. The monoisotopic (exact) mass is 149 g/mol. The molecule has 0 fully saturated rings. The van der Waals surface area contributed by atoms with E-state index in [1.165, 1.54) is 0 Å². The maximum absolute atomic E-state index is 4.58. The first kappa shape index (κ1) is 4.12. The van der Waals surface area contributed by atoms with Crippen LogP contribution in [0.4, 0.5) is 0 Å². The summed E-state index contributed by atoms with van der Waals surface area (Å²) in [6, 6.07) is 0. The molecular weight excluding hydrogens is 146 g/mol. The van der Waals surface area contributed by atoms with Crippen molar-refractivity contribution >= 4 is 22.1 Å². The van der Waals surface area contributed by atoms with Crippen LogP contribution >= 0.6 is 15.9 Å². The molecule has 0 spiro atoms. The predicted molar refractivity (Wildman–Crippen MR) is 27.2 cm³/mol. The SMILES string of the molecule is BrC1C=NOC1. The van der Waals surface area contributed by atoms with Crippen molar-refractivity contribution in [3.05, 3.63) is 0 Å². The molecule has 0 saturated carbocycles. The van der Waals surface area contributed by atoms with Crippen molar-refractivity contribution in [3.8, 4) is 0 Å². The van der Waals surface area contributed by atoms with Crippen molar-refractivity contribution < 1.29 is 4.84 Å². The van der Waals surface area contributed by atoms with Crippen molar-refractivity contribution in [2.45, 2.75) is 4.83 Å². The molecule has 0 aliphatic carbocycles. The van der Waals surface area contributed by atoms with Crippen molar-refractivity contribution in [2.24, 2.45) is 5.16 Å².